The minimum atomic E-state index is -1.14. The smallest absolute Gasteiger partial charge is 0.339 e. The van der Waals surface area contributed by atoms with Crippen molar-refractivity contribution in [1.82, 2.24) is 14.8 Å². The maximum absolute atomic E-state index is 11.1. The first-order chi connectivity index (χ1) is 8.49. The molecule has 0 atom stereocenters. The van der Waals surface area contributed by atoms with Crippen LogP contribution >= 0.6 is 15.9 Å². The van der Waals surface area contributed by atoms with Crippen LogP contribution in [-0.2, 0) is 0 Å². The molecule has 2 aromatic heterocycles. The molecule has 8 heteroatoms. The molecule has 0 aliphatic heterocycles. The molecule has 7 nitrogen and oxygen atoms in total. The largest absolute Gasteiger partial charge is 0.478 e. The van der Waals surface area contributed by atoms with Crippen LogP contribution < -0.4 is 5.73 Å². The summed E-state index contributed by atoms with van der Waals surface area (Å²) in [5.41, 5.74) is 5.23. The van der Waals surface area contributed by atoms with Crippen molar-refractivity contribution in [3.63, 3.8) is 0 Å². The van der Waals surface area contributed by atoms with Gasteiger partial charge >= 0.3 is 5.97 Å². The van der Waals surface area contributed by atoms with Crippen molar-refractivity contribution in [3.8, 4) is 5.82 Å². The second-order valence-electron chi connectivity index (χ2n) is 3.37. The number of aromatic nitrogens is 3. The number of amides is 1. The summed E-state index contributed by atoms with van der Waals surface area (Å²) in [4.78, 5) is 26.0. The zero-order valence-corrected chi connectivity index (χ0v) is 10.5. The van der Waals surface area contributed by atoms with Crippen molar-refractivity contribution in [2.75, 3.05) is 0 Å². The van der Waals surface area contributed by atoms with Crippen LogP contribution in [0, 0.1) is 0 Å². The van der Waals surface area contributed by atoms with Gasteiger partial charge in [-0.15, -0.1) is 0 Å². The van der Waals surface area contributed by atoms with E-state index in [1.807, 2.05) is 0 Å². The van der Waals surface area contributed by atoms with E-state index in [4.69, 9.17) is 10.8 Å². The molecular weight excluding hydrogens is 304 g/mol. The average Bonchev–Trinajstić information content (AvgIpc) is 2.78. The Morgan fingerprint density at radius 3 is 2.67 bits per heavy atom. The maximum Gasteiger partial charge on any atom is 0.339 e. The molecule has 0 unspecified atom stereocenters. The summed E-state index contributed by atoms with van der Waals surface area (Å²) in [6.45, 7) is 0. The molecular formula is C10H7BrN4O3. The van der Waals surface area contributed by atoms with Gasteiger partial charge in [-0.25, -0.2) is 14.5 Å². The third-order valence-electron chi connectivity index (χ3n) is 2.15. The molecule has 0 saturated heterocycles. The number of primary amides is 1. The van der Waals surface area contributed by atoms with Crippen molar-refractivity contribution in [2.45, 2.75) is 0 Å². The second-order valence-corrected chi connectivity index (χ2v) is 4.28. The zero-order chi connectivity index (χ0) is 13.3. The number of carbonyl (C=O) groups is 2. The molecule has 2 rings (SSSR count). The van der Waals surface area contributed by atoms with E-state index in [9.17, 15) is 9.59 Å². The molecule has 2 heterocycles. The molecule has 2 aromatic rings. The van der Waals surface area contributed by atoms with Crippen LogP contribution in [0.4, 0.5) is 0 Å². The minimum Gasteiger partial charge on any atom is -0.478 e. The van der Waals surface area contributed by atoms with Gasteiger partial charge in [0.25, 0.3) is 5.91 Å². The monoisotopic (exact) mass is 310 g/mol. The number of nitrogens with two attached hydrogens (primary N) is 1. The van der Waals surface area contributed by atoms with Crippen molar-refractivity contribution in [2.24, 2.45) is 5.73 Å². The van der Waals surface area contributed by atoms with Gasteiger partial charge in [-0.3, -0.25) is 4.79 Å². The Labute approximate surface area is 109 Å². The lowest BCUT2D eigenvalue weighted by molar-refractivity contribution is 0.0696. The number of carboxylic acid groups (broad SMARTS) is 1. The van der Waals surface area contributed by atoms with Gasteiger partial charge in [0.15, 0.2) is 5.82 Å². The topological polar surface area (TPSA) is 111 Å². The van der Waals surface area contributed by atoms with Gasteiger partial charge in [-0.2, -0.15) is 5.10 Å². The Bertz CT molecular complexity index is 638. The van der Waals surface area contributed by atoms with Gasteiger partial charge in [0, 0.05) is 16.9 Å². The minimum absolute atomic E-state index is 0.0384. The Morgan fingerprint density at radius 1 is 1.39 bits per heavy atom. The molecule has 0 saturated carbocycles. The number of carboxylic acids is 1. The summed E-state index contributed by atoms with van der Waals surface area (Å²) < 4.78 is 1.72. The van der Waals surface area contributed by atoms with E-state index in [1.54, 1.807) is 0 Å². The predicted molar refractivity (Wildman–Crippen MR) is 64.5 cm³/mol. The molecule has 0 fully saturated rings. The summed E-state index contributed by atoms with van der Waals surface area (Å²) in [5.74, 6) is -1.68. The van der Waals surface area contributed by atoms with Crippen LogP contribution in [0.2, 0.25) is 0 Å². The first-order valence-electron chi connectivity index (χ1n) is 4.72. The maximum atomic E-state index is 11.1. The molecule has 1 amide bonds. The third-order valence-corrected chi connectivity index (χ3v) is 2.58. The number of carbonyl (C=O) groups excluding carboxylic acids is 1. The fourth-order valence-electron chi connectivity index (χ4n) is 1.34. The van der Waals surface area contributed by atoms with Crippen LogP contribution in [0.5, 0.6) is 0 Å². The molecule has 0 aromatic carbocycles. The molecule has 0 radical (unpaired) electrons. The molecule has 0 aliphatic rings. The summed E-state index contributed by atoms with van der Waals surface area (Å²) >= 11 is 3.14. The number of hydrogen-bond donors (Lipinski definition) is 2. The van der Waals surface area contributed by atoms with Gasteiger partial charge in [0.05, 0.1) is 11.8 Å². The van der Waals surface area contributed by atoms with Gasteiger partial charge in [-0.05, 0) is 22.0 Å². The molecule has 3 N–H and O–H groups in total. The second kappa shape index (κ2) is 4.57. The van der Waals surface area contributed by atoms with E-state index in [1.165, 1.54) is 29.3 Å². The molecule has 92 valence electrons. The van der Waals surface area contributed by atoms with Crippen molar-refractivity contribution in [3.05, 3.63) is 40.3 Å². The number of pyridine rings is 1. The Balaban J connectivity index is 2.55. The lowest BCUT2D eigenvalue weighted by Crippen LogP contribution is -2.10. The zero-order valence-electron chi connectivity index (χ0n) is 8.87. The molecule has 0 spiro atoms. The highest BCUT2D eigenvalue weighted by molar-refractivity contribution is 9.10. The van der Waals surface area contributed by atoms with Gasteiger partial charge < -0.3 is 10.8 Å². The highest BCUT2D eigenvalue weighted by Gasteiger charge is 2.15. The van der Waals surface area contributed by atoms with Crippen molar-refractivity contribution >= 4 is 27.8 Å². The van der Waals surface area contributed by atoms with Crippen molar-refractivity contribution < 1.29 is 14.7 Å². The first kappa shape index (κ1) is 12.2. The molecule has 0 bridgehead atoms. The Kier molecular flexibility index (Phi) is 3.11. The standard InChI is InChI=1S/C10H7BrN4O3/c11-6-1-7(10(17)18)9(13-3-6)15-4-5(2-14-15)8(12)16/h1-4H,(H2,12,16)(H,17,18). The average molecular weight is 311 g/mol. The van der Waals surface area contributed by atoms with E-state index in [2.05, 4.69) is 26.0 Å². The molecule has 0 aliphatic carbocycles. The predicted octanol–water partition coefficient (Wildman–Crippen LogP) is 0.827. The van der Waals surface area contributed by atoms with E-state index in [0.29, 0.717) is 4.47 Å². The Hall–Kier alpha value is -2.22. The van der Waals surface area contributed by atoms with E-state index < -0.39 is 11.9 Å². The summed E-state index contributed by atoms with van der Waals surface area (Å²) in [7, 11) is 0. The van der Waals surface area contributed by atoms with Crippen LogP contribution in [0.25, 0.3) is 5.82 Å². The summed E-state index contributed by atoms with van der Waals surface area (Å²) in [6, 6.07) is 1.40. The highest BCUT2D eigenvalue weighted by Crippen LogP contribution is 2.17. The fourth-order valence-corrected chi connectivity index (χ4v) is 1.67. The first-order valence-corrected chi connectivity index (χ1v) is 5.52. The number of rotatable bonds is 3. The van der Waals surface area contributed by atoms with E-state index in [0.717, 1.165) is 0 Å². The number of hydrogen-bond acceptors (Lipinski definition) is 4. The SMILES string of the molecule is NC(=O)c1cnn(-c2ncc(Br)cc2C(=O)O)c1. The van der Waals surface area contributed by atoms with Gasteiger partial charge in [0.1, 0.15) is 5.56 Å². The van der Waals surface area contributed by atoms with Crippen LogP contribution in [0.1, 0.15) is 20.7 Å². The lowest BCUT2D eigenvalue weighted by Gasteiger charge is -2.04. The lowest BCUT2D eigenvalue weighted by atomic mass is 10.2. The van der Waals surface area contributed by atoms with Gasteiger partial charge in [0.2, 0.25) is 0 Å². The number of aromatic carboxylic acids is 1. The highest BCUT2D eigenvalue weighted by atomic mass is 79.9. The molecule has 18 heavy (non-hydrogen) atoms. The quantitative estimate of drug-likeness (QED) is 0.872. The van der Waals surface area contributed by atoms with Crippen LogP contribution in [0.3, 0.4) is 0 Å². The van der Waals surface area contributed by atoms with E-state index >= 15 is 0 Å². The van der Waals surface area contributed by atoms with Crippen molar-refractivity contribution in [1.29, 1.82) is 0 Å². The summed E-state index contributed by atoms with van der Waals surface area (Å²) in [6.07, 6.45) is 4.01. The number of nitrogens with zero attached hydrogens (tertiary/aromatic N) is 3. The van der Waals surface area contributed by atoms with Crippen LogP contribution in [-0.4, -0.2) is 31.7 Å². The van der Waals surface area contributed by atoms with Gasteiger partial charge in [-0.1, -0.05) is 0 Å². The fraction of sp³-hybridized carbons (Fsp3) is 0. The van der Waals surface area contributed by atoms with E-state index in [-0.39, 0.29) is 16.9 Å². The number of halogens is 1. The normalized spacial score (nSPS) is 10.3. The van der Waals surface area contributed by atoms with Crippen LogP contribution in [0.15, 0.2) is 29.1 Å². The summed E-state index contributed by atoms with van der Waals surface area (Å²) in [5, 5.41) is 12.9. The Morgan fingerprint density at radius 2 is 2.11 bits per heavy atom. The third kappa shape index (κ3) is 2.23.